The highest BCUT2D eigenvalue weighted by atomic mass is 35.5. The summed E-state index contributed by atoms with van der Waals surface area (Å²) in [6.07, 6.45) is 1.05. The third-order valence-corrected chi connectivity index (χ3v) is 8.59. The minimum atomic E-state index is -3.59. The van der Waals surface area contributed by atoms with Gasteiger partial charge in [0.2, 0.25) is 5.91 Å². The molecule has 3 aromatic rings. The average Bonchev–Trinajstić information content (AvgIpc) is 3.48. The Morgan fingerprint density at radius 3 is 2.62 bits per heavy atom. The second kappa shape index (κ2) is 11.3. The molecule has 0 saturated carbocycles. The maximum atomic E-state index is 13.1. The molecule has 2 aromatic carbocycles. The summed E-state index contributed by atoms with van der Waals surface area (Å²) >= 11 is 6.29. The fourth-order valence-electron chi connectivity index (χ4n) is 4.24. The molecular formula is C27H27ClN8O5S. The summed E-state index contributed by atoms with van der Waals surface area (Å²) in [5.41, 5.74) is 2.00. The molecule has 0 saturated heterocycles. The van der Waals surface area contributed by atoms with E-state index in [9.17, 15) is 18.5 Å². The van der Waals surface area contributed by atoms with E-state index >= 15 is 0 Å². The largest absolute Gasteiger partial charge is 0.437 e. The number of carbonyl (C=O) groups is 1. The van der Waals surface area contributed by atoms with Crippen molar-refractivity contribution in [3.8, 4) is 29.5 Å². The molecule has 3 N–H and O–H groups in total. The highest BCUT2D eigenvalue weighted by molar-refractivity contribution is 7.91. The van der Waals surface area contributed by atoms with Crippen molar-refractivity contribution in [2.45, 2.75) is 18.2 Å². The number of carbonyl (C=O) groups excluding carboxylic acids is 1. The molecule has 0 spiro atoms. The lowest BCUT2D eigenvalue weighted by molar-refractivity contribution is -0.117. The summed E-state index contributed by atoms with van der Waals surface area (Å²) in [7, 11) is 0.179. The predicted molar refractivity (Wildman–Crippen MR) is 159 cm³/mol. The van der Waals surface area contributed by atoms with Gasteiger partial charge in [0.15, 0.2) is 21.4 Å². The highest BCUT2D eigenvalue weighted by Gasteiger charge is 2.38. The van der Waals surface area contributed by atoms with Crippen molar-refractivity contribution >= 4 is 50.4 Å². The van der Waals surface area contributed by atoms with Crippen LogP contribution in [0.15, 0.2) is 41.4 Å². The van der Waals surface area contributed by atoms with Gasteiger partial charge in [-0.2, -0.15) is 15.2 Å². The lowest BCUT2D eigenvalue weighted by atomic mass is 10.1. The van der Waals surface area contributed by atoms with Crippen molar-refractivity contribution < 1.29 is 22.7 Å². The molecule has 0 bridgehead atoms. The maximum absolute atomic E-state index is 13.1. The smallest absolute Gasteiger partial charge is 0.327 e. The summed E-state index contributed by atoms with van der Waals surface area (Å²) in [6, 6.07) is 10.6. The first-order chi connectivity index (χ1) is 19.9. The normalized spacial score (nSPS) is 16.6. The lowest BCUT2D eigenvalue weighted by Gasteiger charge is -2.30. The Morgan fingerprint density at radius 2 is 1.95 bits per heavy atom. The molecule has 0 aliphatic carbocycles. The first kappa shape index (κ1) is 28.9. The molecule has 42 heavy (non-hydrogen) atoms. The van der Waals surface area contributed by atoms with E-state index < -0.39 is 27.0 Å². The van der Waals surface area contributed by atoms with E-state index in [1.54, 1.807) is 12.1 Å². The van der Waals surface area contributed by atoms with Gasteiger partial charge >= 0.3 is 6.01 Å². The Hall–Kier alpha value is -4.61. The fraction of sp³-hybridized carbons (Fsp3) is 0.296. The number of fused-ring (bicyclic) bond motifs is 1. The van der Waals surface area contributed by atoms with E-state index in [2.05, 4.69) is 30.9 Å². The monoisotopic (exact) mass is 610 g/mol. The number of amidine groups is 1. The lowest BCUT2D eigenvalue weighted by Crippen LogP contribution is -2.48. The number of nitrogens with one attached hydrogen (secondary N) is 3. The molecule has 1 aromatic heterocycles. The van der Waals surface area contributed by atoms with E-state index in [1.165, 1.54) is 25.1 Å². The fourth-order valence-corrected chi connectivity index (χ4v) is 5.08. The van der Waals surface area contributed by atoms with Crippen LogP contribution in [0, 0.1) is 11.3 Å². The zero-order chi connectivity index (χ0) is 30.2. The van der Waals surface area contributed by atoms with Crippen molar-refractivity contribution in [1.82, 2.24) is 15.3 Å². The van der Waals surface area contributed by atoms with Gasteiger partial charge in [0.05, 0.1) is 28.5 Å². The molecule has 0 fully saturated rings. The molecule has 5 rings (SSSR count). The van der Waals surface area contributed by atoms with Gasteiger partial charge in [-0.15, -0.1) is 0 Å². The number of anilines is 3. The number of nitriles is 1. The van der Waals surface area contributed by atoms with E-state index in [-0.39, 0.29) is 34.2 Å². The highest BCUT2D eigenvalue weighted by Crippen LogP contribution is 2.40. The van der Waals surface area contributed by atoms with Crippen LogP contribution in [-0.4, -0.2) is 74.9 Å². The number of ether oxygens (including phenoxy) is 2. The van der Waals surface area contributed by atoms with Crippen LogP contribution >= 0.6 is 11.6 Å². The Kier molecular flexibility index (Phi) is 7.81. The first-order valence-corrected chi connectivity index (χ1v) is 15.1. The van der Waals surface area contributed by atoms with Gasteiger partial charge in [0.25, 0.3) is 5.88 Å². The molecule has 0 radical (unpaired) electrons. The van der Waals surface area contributed by atoms with Crippen LogP contribution in [0.4, 0.5) is 17.2 Å². The van der Waals surface area contributed by atoms with Gasteiger partial charge in [-0.25, -0.2) is 8.42 Å². The summed E-state index contributed by atoms with van der Waals surface area (Å²) in [6.45, 7) is 2.80. The molecular weight excluding hydrogens is 584 g/mol. The van der Waals surface area contributed by atoms with Gasteiger partial charge < -0.3 is 30.3 Å². The van der Waals surface area contributed by atoms with Crippen molar-refractivity contribution in [3.63, 3.8) is 0 Å². The van der Waals surface area contributed by atoms with Crippen molar-refractivity contribution in [3.05, 3.63) is 52.5 Å². The van der Waals surface area contributed by atoms with Crippen LogP contribution in [0.3, 0.4) is 0 Å². The Labute approximate surface area is 247 Å². The standard InChI is InChI=1S/C27H27ClN8O5S/c1-14(42(4,38)39)21-25(37)33-22-24(32-21)34-27(41-20-9-15(13-29)5-6-19(20)28)35-26(22)40-18-11-16(23-30-7-8-31-23)10-17(12-18)36(2)3/h5-6,9-12,14,21H,7-8H2,1-4H3,(H,30,31)(H,33,37)(H,32,34,35). The number of sulfone groups is 1. The minimum Gasteiger partial charge on any atom is -0.437 e. The molecule has 13 nitrogen and oxygen atoms in total. The number of aliphatic imine (C=N–C) groups is 1. The summed E-state index contributed by atoms with van der Waals surface area (Å²) in [5.74, 6) is 0.622. The number of hydrogen-bond donors (Lipinski definition) is 3. The number of amides is 1. The van der Waals surface area contributed by atoms with Crippen LogP contribution < -0.4 is 30.3 Å². The van der Waals surface area contributed by atoms with Gasteiger partial charge in [0, 0.05) is 50.3 Å². The second-order valence-electron chi connectivity index (χ2n) is 9.91. The van der Waals surface area contributed by atoms with Crippen LogP contribution in [0.2, 0.25) is 5.02 Å². The maximum Gasteiger partial charge on any atom is 0.327 e. The predicted octanol–water partition coefficient (Wildman–Crippen LogP) is 3.17. The summed E-state index contributed by atoms with van der Waals surface area (Å²) < 4.78 is 36.6. The van der Waals surface area contributed by atoms with Gasteiger partial charge in [-0.05, 0) is 31.2 Å². The molecule has 2 aliphatic heterocycles. The van der Waals surface area contributed by atoms with Gasteiger partial charge in [0.1, 0.15) is 23.3 Å². The van der Waals surface area contributed by atoms with Gasteiger partial charge in [-0.1, -0.05) is 11.6 Å². The quantitative estimate of drug-likeness (QED) is 0.342. The Bertz CT molecular complexity index is 1760. The van der Waals surface area contributed by atoms with Crippen molar-refractivity contribution in [2.75, 3.05) is 49.0 Å². The Morgan fingerprint density at radius 1 is 1.17 bits per heavy atom. The van der Waals surface area contributed by atoms with Crippen LogP contribution in [0.25, 0.3) is 0 Å². The van der Waals surface area contributed by atoms with E-state index in [4.69, 9.17) is 21.1 Å². The Balaban J connectivity index is 1.60. The van der Waals surface area contributed by atoms with Crippen molar-refractivity contribution in [1.29, 1.82) is 5.26 Å². The molecule has 1 amide bonds. The molecule has 2 unspecified atom stereocenters. The number of hydrogen-bond acceptors (Lipinski definition) is 12. The third-order valence-electron chi connectivity index (χ3n) is 6.65. The molecule has 2 aliphatic rings. The second-order valence-corrected chi connectivity index (χ2v) is 12.7. The summed E-state index contributed by atoms with van der Waals surface area (Å²) in [5, 5.41) is 17.3. The first-order valence-electron chi connectivity index (χ1n) is 12.8. The SMILES string of the molecule is CC(C1Nc2nc(Oc3cc(C#N)ccc3Cl)nc(Oc3cc(C4=NCCN4)cc(N(C)C)c3)c2NC1=O)S(C)(=O)=O. The zero-order valence-corrected chi connectivity index (χ0v) is 24.7. The molecule has 15 heteroatoms. The third kappa shape index (κ3) is 6.02. The number of benzene rings is 2. The molecule has 2 atom stereocenters. The minimum absolute atomic E-state index is 0.0722. The van der Waals surface area contributed by atoms with E-state index in [0.717, 1.165) is 29.9 Å². The van der Waals surface area contributed by atoms with E-state index in [1.807, 2.05) is 31.1 Å². The van der Waals surface area contributed by atoms with E-state index in [0.29, 0.717) is 17.9 Å². The number of nitrogens with zero attached hydrogens (tertiary/aromatic N) is 5. The van der Waals surface area contributed by atoms with Crippen molar-refractivity contribution in [2.24, 2.45) is 4.99 Å². The van der Waals surface area contributed by atoms with Crippen LogP contribution in [-0.2, 0) is 14.6 Å². The van der Waals surface area contributed by atoms with Gasteiger partial charge in [-0.3, -0.25) is 9.79 Å². The summed E-state index contributed by atoms with van der Waals surface area (Å²) in [4.78, 5) is 28.2. The molecule has 218 valence electrons. The number of halogens is 1. The number of aromatic nitrogens is 2. The zero-order valence-electron chi connectivity index (χ0n) is 23.1. The average molecular weight is 611 g/mol. The number of rotatable bonds is 8. The molecule has 3 heterocycles. The van der Waals surface area contributed by atoms with Crippen LogP contribution in [0.5, 0.6) is 23.4 Å². The van der Waals surface area contributed by atoms with Crippen LogP contribution in [0.1, 0.15) is 18.1 Å². The topological polar surface area (TPSA) is 171 Å².